The molecule has 1 heterocycles. The van der Waals surface area contributed by atoms with E-state index in [-0.39, 0.29) is 5.97 Å². The molecule has 1 fully saturated rings. The van der Waals surface area contributed by atoms with Gasteiger partial charge in [-0.2, -0.15) is 0 Å². The lowest BCUT2D eigenvalue weighted by Gasteiger charge is -2.35. The van der Waals surface area contributed by atoms with Crippen molar-refractivity contribution < 1.29 is 14.3 Å². The molecule has 0 saturated carbocycles. The number of rotatable bonds is 4. The Morgan fingerprint density at radius 1 is 1.56 bits per heavy atom. The molecule has 1 atom stereocenters. The number of ether oxygens (including phenoxy) is 2. The average molecular weight is 269 g/mol. The van der Waals surface area contributed by atoms with Crippen molar-refractivity contribution in [3.05, 3.63) is 34.9 Å². The Labute approximate surface area is 112 Å². The third-order valence-corrected chi connectivity index (χ3v) is 3.74. The maximum atomic E-state index is 12.1. The topological polar surface area (TPSA) is 35.5 Å². The molecule has 1 aromatic carbocycles. The molecule has 1 aliphatic rings. The summed E-state index contributed by atoms with van der Waals surface area (Å²) in [5.74, 6) is 0.185. The van der Waals surface area contributed by atoms with E-state index in [2.05, 4.69) is 0 Å². The van der Waals surface area contributed by atoms with E-state index in [1.807, 2.05) is 25.1 Å². The quantitative estimate of drug-likeness (QED) is 0.788. The van der Waals surface area contributed by atoms with Gasteiger partial charge in [0, 0.05) is 10.9 Å². The van der Waals surface area contributed by atoms with Crippen molar-refractivity contribution in [1.29, 1.82) is 0 Å². The van der Waals surface area contributed by atoms with Crippen molar-refractivity contribution in [2.75, 3.05) is 20.3 Å². The standard InChI is InChI=1S/C14H17ClO3/c1-14(13(16)17-2,7-10-8-18-9-10)11-4-3-5-12(15)6-11/h3-6,10H,7-9H2,1-2H3. The third kappa shape index (κ3) is 2.52. The lowest BCUT2D eigenvalue weighted by molar-refractivity contribution is -0.149. The minimum Gasteiger partial charge on any atom is -0.468 e. The van der Waals surface area contributed by atoms with Crippen LogP contribution in [0.15, 0.2) is 24.3 Å². The van der Waals surface area contributed by atoms with Crippen molar-refractivity contribution in [3.63, 3.8) is 0 Å². The summed E-state index contributed by atoms with van der Waals surface area (Å²) in [6.45, 7) is 3.34. The van der Waals surface area contributed by atoms with Gasteiger partial charge in [-0.3, -0.25) is 4.79 Å². The Kier molecular flexibility index (Phi) is 3.93. The number of hydrogen-bond donors (Lipinski definition) is 0. The Morgan fingerprint density at radius 3 is 2.78 bits per heavy atom. The molecule has 18 heavy (non-hydrogen) atoms. The van der Waals surface area contributed by atoms with Gasteiger partial charge in [0.2, 0.25) is 0 Å². The molecule has 0 aromatic heterocycles. The molecule has 1 unspecified atom stereocenters. The molecule has 2 rings (SSSR count). The molecule has 0 amide bonds. The zero-order chi connectivity index (χ0) is 13.2. The largest absolute Gasteiger partial charge is 0.468 e. The SMILES string of the molecule is COC(=O)C(C)(CC1COC1)c1cccc(Cl)c1. The van der Waals surface area contributed by atoms with Crippen LogP contribution in [0, 0.1) is 5.92 Å². The highest BCUT2D eigenvalue weighted by atomic mass is 35.5. The van der Waals surface area contributed by atoms with Gasteiger partial charge in [-0.1, -0.05) is 23.7 Å². The van der Waals surface area contributed by atoms with Gasteiger partial charge in [0.05, 0.1) is 25.7 Å². The van der Waals surface area contributed by atoms with E-state index in [1.54, 1.807) is 6.07 Å². The molecule has 0 N–H and O–H groups in total. The zero-order valence-corrected chi connectivity index (χ0v) is 11.4. The highest BCUT2D eigenvalue weighted by Gasteiger charge is 2.40. The van der Waals surface area contributed by atoms with Crippen LogP contribution in [0.4, 0.5) is 0 Å². The van der Waals surface area contributed by atoms with E-state index in [0.29, 0.717) is 24.2 Å². The third-order valence-electron chi connectivity index (χ3n) is 3.50. The van der Waals surface area contributed by atoms with E-state index in [0.717, 1.165) is 12.0 Å². The number of esters is 1. The van der Waals surface area contributed by atoms with Gasteiger partial charge in [-0.25, -0.2) is 0 Å². The van der Waals surface area contributed by atoms with E-state index in [9.17, 15) is 4.79 Å². The lowest BCUT2D eigenvalue weighted by Crippen LogP contribution is -2.41. The average Bonchev–Trinajstić information content (AvgIpc) is 2.32. The van der Waals surface area contributed by atoms with Crippen LogP contribution in [-0.4, -0.2) is 26.3 Å². The molecule has 1 saturated heterocycles. The van der Waals surface area contributed by atoms with Crippen LogP contribution in [0.5, 0.6) is 0 Å². The van der Waals surface area contributed by atoms with Gasteiger partial charge in [0.25, 0.3) is 0 Å². The lowest BCUT2D eigenvalue weighted by atomic mass is 9.75. The monoisotopic (exact) mass is 268 g/mol. The summed E-state index contributed by atoms with van der Waals surface area (Å²) in [5.41, 5.74) is 0.238. The maximum Gasteiger partial charge on any atom is 0.316 e. The minimum atomic E-state index is -0.659. The molecule has 0 spiro atoms. The first-order chi connectivity index (χ1) is 8.56. The van der Waals surface area contributed by atoms with E-state index in [1.165, 1.54) is 7.11 Å². The molecule has 0 radical (unpaired) electrons. The van der Waals surface area contributed by atoms with Crippen LogP contribution in [0.25, 0.3) is 0 Å². The Bertz CT molecular complexity index is 442. The van der Waals surface area contributed by atoms with Crippen LogP contribution in [-0.2, 0) is 19.7 Å². The summed E-state index contributed by atoms with van der Waals surface area (Å²) in [6.07, 6.45) is 0.722. The van der Waals surface area contributed by atoms with Gasteiger partial charge in [0.15, 0.2) is 0 Å². The van der Waals surface area contributed by atoms with Crippen molar-refractivity contribution in [3.8, 4) is 0 Å². The number of halogens is 1. The van der Waals surface area contributed by atoms with Gasteiger partial charge in [0.1, 0.15) is 0 Å². The van der Waals surface area contributed by atoms with Crippen LogP contribution in [0.3, 0.4) is 0 Å². The second kappa shape index (κ2) is 5.29. The van der Waals surface area contributed by atoms with Crippen LogP contribution < -0.4 is 0 Å². The number of benzene rings is 1. The molecule has 1 aromatic rings. The van der Waals surface area contributed by atoms with Gasteiger partial charge >= 0.3 is 5.97 Å². The second-order valence-electron chi connectivity index (χ2n) is 4.94. The second-order valence-corrected chi connectivity index (χ2v) is 5.38. The predicted octanol–water partition coefficient (Wildman–Crippen LogP) is 2.81. The van der Waals surface area contributed by atoms with Gasteiger partial charge in [-0.15, -0.1) is 0 Å². The fourth-order valence-corrected chi connectivity index (χ4v) is 2.55. The molecule has 1 aliphatic heterocycles. The summed E-state index contributed by atoms with van der Waals surface area (Å²) >= 11 is 6.01. The van der Waals surface area contributed by atoms with Crippen molar-refractivity contribution in [2.45, 2.75) is 18.8 Å². The van der Waals surface area contributed by atoms with Crippen LogP contribution >= 0.6 is 11.6 Å². The summed E-state index contributed by atoms with van der Waals surface area (Å²) < 4.78 is 10.1. The Hall–Kier alpha value is -1.06. The Morgan fingerprint density at radius 2 is 2.28 bits per heavy atom. The van der Waals surface area contributed by atoms with E-state index >= 15 is 0 Å². The highest BCUT2D eigenvalue weighted by molar-refractivity contribution is 6.30. The smallest absolute Gasteiger partial charge is 0.316 e. The Balaban J connectivity index is 2.30. The summed E-state index contributed by atoms with van der Waals surface area (Å²) in [6, 6.07) is 7.41. The van der Waals surface area contributed by atoms with Crippen LogP contribution in [0.2, 0.25) is 5.02 Å². The first kappa shape index (κ1) is 13.4. The highest BCUT2D eigenvalue weighted by Crippen LogP contribution is 2.35. The molecule has 4 heteroatoms. The van der Waals surface area contributed by atoms with Gasteiger partial charge < -0.3 is 9.47 Å². The summed E-state index contributed by atoms with van der Waals surface area (Å²) in [4.78, 5) is 12.1. The number of methoxy groups -OCH3 is 1. The van der Waals surface area contributed by atoms with Crippen LogP contribution in [0.1, 0.15) is 18.9 Å². The zero-order valence-electron chi connectivity index (χ0n) is 10.6. The maximum absolute atomic E-state index is 12.1. The summed E-state index contributed by atoms with van der Waals surface area (Å²) in [7, 11) is 1.42. The van der Waals surface area contributed by atoms with Gasteiger partial charge in [-0.05, 0) is 31.0 Å². The number of carbonyl (C=O) groups is 1. The number of carbonyl (C=O) groups excluding carboxylic acids is 1. The first-order valence-corrected chi connectivity index (χ1v) is 6.36. The molecular formula is C14H17ClO3. The fourth-order valence-electron chi connectivity index (χ4n) is 2.36. The molecular weight excluding hydrogens is 252 g/mol. The van der Waals surface area contributed by atoms with E-state index in [4.69, 9.17) is 21.1 Å². The molecule has 3 nitrogen and oxygen atoms in total. The molecule has 98 valence electrons. The minimum absolute atomic E-state index is 0.225. The van der Waals surface area contributed by atoms with Crippen molar-refractivity contribution in [2.24, 2.45) is 5.92 Å². The summed E-state index contributed by atoms with van der Waals surface area (Å²) in [5, 5.41) is 0.632. The fraction of sp³-hybridized carbons (Fsp3) is 0.500. The van der Waals surface area contributed by atoms with Crippen molar-refractivity contribution >= 4 is 17.6 Å². The molecule has 0 aliphatic carbocycles. The number of hydrogen-bond acceptors (Lipinski definition) is 3. The normalized spacial score (nSPS) is 18.8. The van der Waals surface area contributed by atoms with Crippen molar-refractivity contribution in [1.82, 2.24) is 0 Å². The first-order valence-electron chi connectivity index (χ1n) is 5.98. The van der Waals surface area contributed by atoms with E-state index < -0.39 is 5.41 Å². The molecule has 0 bridgehead atoms. The predicted molar refractivity (Wildman–Crippen MR) is 69.7 cm³/mol.